The number of ether oxygens (including phenoxy) is 1. The summed E-state index contributed by atoms with van der Waals surface area (Å²) in [7, 11) is 0. The van der Waals surface area contributed by atoms with Gasteiger partial charge in [-0.25, -0.2) is 4.99 Å². The number of nitrogens with zero attached hydrogens (tertiary/aromatic N) is 5. The first-order valence-corrected chi connectivity index (χ1v) is 18.6. The molecule has 1 aliphatic rings. The SMILES string of the molecule is [Pt].[c-]1c(Oc2[c-]c3c(cc2)c2ccccc2n3C2=Nc3ccccc3-c3ccccc3N2c2ccccc2)cccc1-n1[c-][n+](-c2ccccc2)c2ccccc21. The molecule has 0 unspecified atom stereocenters. The molecule has 2 aromatic heterocycles. The Kier molecular flexibility index (Phi) is 8.62. The third-order valence-corrected chi connectivity index (χ3v) is 10.3. The fraction of sp³-hybridized carbons (Fsp3) is 0. The molecule has 0 amide bonds. The zero-order valence-corrected chi connectivity index (χ0v) is 32.6. The summed E-state index contributed by atoms with van der Waals surface area (Å²) in [4.78, 5) is 7.74. The maximum Gasteiger partial charge on any atom is 0.268 e. The van der Waals surface area contributed by atoms with Crippen molar-refractivity contribution in [2.75, 3.05) is 4.90 Å². The number of para-hydroxylation sites is 7. The smallest absolute Gasteiger partial charge is 0.268 e. The quantitative estimate of drug-likeness (QED) is 0.127. The summed E-state index contributed by atoms with van der Waals surface area (Å²) < 4.78 is 12.9. The van der Waals surface area contributed by atoms with Gasteiger partial charge in [0, 0.05) is 54.9 Å². The van der Waals surface area contributed by atoms with Crippen molar-refractivity contribution in [1.29, 1.82) is 0 Å². The number of imidazole rings is 1. The largest absolute Gasteiger partial charge is 0.510 e. The van der Waals surface area contributed by atoms with Crippen molar-refractivity contribution >= 4 is 55.9 Å². The van der Waals surface area contributed by atoms with E-state index in [1.54, 1.807) is 0 Å². The third kappa shape index (κ3) is 5.85. The first-order chi connectivity index (χ1) is 27.8. The molecule has 3 heterocycles. The van der Waals surface area contributed by atoms with Crippen molar-refractivity contribution in [1.82, 2.24) is 9.13 Å². The average Bonchev–Trinajstić information content (AvgIpc) is 3.76. The van der Waals surface area contributed by atoms with E-state index in [2.05, 4.69) is 154 Å². The molecule has 57 heavy (non-hydrogen) atoms. The molecule has 0 N–H and O–H groups in total. The number of aliphatic imine (C=N–C) groups is 1. The summed E-state index contributed by atoms with van der Waals surface area (Å²) in [6.07, 6.45) is 3.55. The summed E-state index contributed by atoms with van der Waals surface area (Å²) in [6, 6.07) is 71.5. The van der Waals surface area contributed by atoms with Gasteiger partial charge in [-0.15, -0.1) is 29.7 Å². The molecule has 0 fully saturated rings. The maximum absolute atomic E-state index is 6.63. The minimum Gasteiger partial charge on any atom is -0.510 e. The van der Waals surface area contributed by atoms with E-state index in [4.69, 9.17) is 9.73 Å². The van der Waals surface area contributed by atoms with Crippen LogP contribution in [0.25, 0.3) is 55.3 Å². The minimum absolute atomic E-state index is 0. The van der Waals surface area contributed by atoms with Crippen LogP contribution in [0, 0.1) is 18.5 Å². The van der Waals surface area contributed by atoms with Gasteiger partial charge in [0.15, 0.2) is 0 Å². The van der Waals surface area contributed by atoms with Gasteiger partial charge in [0.05, 0.1) is 28.1 Å². The van der Waals surface area contributed by atoms with Crippen molar-refractivity contribution in [3.05, 3.63) is 207 Å². The van der Waals surface area contributed by atoms with Crippen LogP contribution < -0.4 is 14.2 Å². The molecule has 0 bridgehead atoms. The van der Waals surface area contributed by atoms with E-state index in [1.807, 2.05) is 71.3 Å². The van der Waals surface area contributed by atoms with Gasteiger partial charge in [-0.3, -0.25) is 9.47 Å². The Morgan fingerprint density at radius 3 is 2.07 bits per heavy atom. The molecule has 7 heteroatoms. The van der Waals surface area contributed by atoms with E-state index in [0.29, 0.717) is 11.5 Å². The Balaban J connectivity index is 0.00000396. The van der Waals surface area contributed by atoms with Crippen LogP contribution in [0.5, 0.6) is 11.5 Å². The number of anilines is 2. The molecule has 0 saturated carbocycles. The van der Waals surface area contributed by atoms with Gasteiger partial charge in [0.1, 0.15) is 0 Å². The second-order valence-corrected chi connectivity index (χ2v) is 13.7. The molecule has 8 aromatic carbocycles. The van der Waals surface area contributed by atoms with Crippen molar-refractivity contribution < 1.29 is 30.4 Å². The first-order valence-electron chi connectivity index (χ1n) is 18.6. The molecule has 0 saturated heterocycles. The summed E-state index contributed by atoms with van der Waals surface area (Å²) in [5.74, 6) is 1.87. The second kappa shape index (κ2) is 14.2. The molecule has 10 aromatic rings. The zero-order valence-electron chi connectivity index (χ0n) is 30.4. The van der Waals surface area contributed by atoms with Crippen LogP contribution in [0.4, 0.5) is 17.1 Å². The van der Waals surface area contributed by atoms with Gasteiger partial charge in [-0.1, -0.05) is 121 Å². The van der Waals surface area contributed by atoms with E-state index < -0.39 is 0 Å². The van der Waals surface area contributed by atoms with Crippen molar-refractivity contribution in [3.63, 3.8) is 0 Å². The molecule has 0 atom stereocenters. The Bertz CT molecular complexity index is 3130. The number of hydrogen-bond donors (Lipinski definition) is 0. The monoisotopic (exact) mass is 912 g/mol. The van der Waals surface area contributed by atoms with Crippen molar-refractivity contribution in [3.8, 4) is 34.0 Å². The zero-order chi connectivity index (χ0) is 37.0. The van der Waals surface area contributed by atoms with Crippen LogP contribution in [0.15, 0.2) is 193 Å². The molecule has 0 aliphatic carbocycles. The van der Waals surface area contributed by atoms with Gasteiger partial charge in [0.2, 0.25) is 5.96 Å². The number of rotatable bonds is 5. The van der Waals surface area contributed by atoms with Crippen LogP contribution in [-0.4, -0.2) is 15.1 Å². The van der Waals surface area contributed by atoms with Crippen LogP contribution in [0.1, 0.15) is 0 Å². The predicted molar refractivity (Wildman–Crippen MR) is 224 cm³/mol. The van der Waals surface area contributed by atoms with E-state index in [-0.39, 0.29) is 21.1 Å². The summed E-state index contributed by atoms with van der Waals surface area (Å²) in [5.41, 5.74) is 10.9. The fourth-order valence-corrected chi connectivity index (χ4v) is 7.84. The van der Waals surface area contributed by atoms with Crippen LogP contribution in [0.3, 0.4) is 0 Å². The topological polar surface area (TPSA) is 38.6 Å². The van der Waals surface area contributed by atoms with E-state index in [9.17, 15) is 0 Å². The average molecular weight is 913 g/mol. The molecule has 0 radical (unpaired) electrons. The van der Waals surface area contributed by atoms with Gasteiger partial charge in [0.25, 0.3) is 6.33 Å². The van der Waals surface area contributed by atoms with E-state index >= 15 is 0 Å². The van der Waals surface area contributed by atoms with Crippen LogP contribution >= 0.6 is 0 Å². The Hall–Kier alpha value is -7.01. The Morgan fingerprint density at radius 1 is 0.526 bits per heavy atom. The molecule has 6 nitrogen and oxygen atoms in total. The van der Waals surface area contributed by atoms with Crippen molar-refractivity contribution in [2.45, 2.75) is 0 Å². The second-order valence-electron chi connectivity index (χ2n) is 13.7. The normalized spacial score (nSPS) is 12.1. The van der Waals surface area contributed by atoms with Gasteiger partial charge in [-0.2, -0.15) is 18.2 Å². The molecular weight excluding hydrogens is 882 g/mol. The van der Waals surface area contributed by atoms with E-state index in [1.165, 1.54) is 0 Å². The molecular formula is C50H31N5OPt-2. The Morgan fingerprint density at radius 2 is 1.21 bits per heavy atom. The standard InChI is InChI=1S/C50H31N5O.Pt/c1-3-16-35(17-4-1)52-34-53(48-29-14-13-28-47(48)52)37-20-15-21-38(32-37)56-39-30-31-43-42-24-9-12-27-46(42)55(49(43)33-39)50-51-44-25-10-7-22-40(44)41-23-8-11-26-45(41)54(50)36-18-5-2-6-19-36;/h1-31H;/q-2;. The first kappa shape index (κ1) is 34.5. The summed E-state index contributed by atoms with van der Waals surface area (Å²) >= 11 is 0. The minimum atomic E-state index is 0. The molecule has 1 aliphatic heterocycles. The van der Waals surface area contributed by atoms with Crippen molar-refractivity contribution in [2.24, 2.45) is 4.99 Å². The number of aromatic nitrogens is 3. The number of hydrogen-bond acceptors (Lipinski definition) is 3. The fourth-order valence-electron chi connectivity index (χ4n) is 7.84. The summed E-state index contributed by atoms with van der Waals surface area (Å²) in [5, 5.41) is 2.15. The molecule has 274 valence electrons. The molecule has 11 rings (SSSR count). The van der Waals surface area contributed by atoms with Gasteiger partial charge >= 0.3 is 0 Å². The van der Waals surface area contributed by atoms with Gasteiger partial charge in [-0.05, 0) is 53.5 Å². The Labute approximate surface area is 344 Å². The van der Waals surface area contributed by atoms with Crippen LogP contribution in [-0.2, 0) is 21.1 Å². The predicted octanol–water partition coefficient (Wildman–Crippen LogP) is 11.6. The maximum atomic E-state index is 6.63. The number of benzene rings is 8. The molecule has 0 spiro atoms. The number of fused-ring (bicyclic) bond motifs is 7. The van der Waals surface area contributed by atoms with Crippen LogP contribution in [0.2, 0.25) is 0 Å². The third-order valence-electron chi connectivity index (χ3n) is 10.3. The summed E-state index contributed by atoms with van der Waals surface area (Å²) in [6.45, 7) is 0. The van der Waals surface area contributed by atoms with Gasteiger partial charge < -0.3 is 13.9 Å². The van der Waals surface area contributed by atoms with E-state index in [0.717, 1.165) is 78.4 Å².